The van der Waals surface area contributed by atoms with Crippen molar-refractivity contribution >= 4 is 17.7 Å². The molecule has 0 bridgehead atoms. The Hall–Kier alpha value is -2.04. The van der Waals surface area contributed by atoms with E-state index >= 15 is 0 Å². The van der Waals surface area contributed by atoms with Gasteiger partial charge in [-0.1, -0.05) is 18.2 Å². The van der Waals surface area contributed by atoms with E-state index in [0.717, 1.165) is 11.3 Å². The van der Waals surface area contributed by atoms with Crippen molar-refractivity contribution in [3.63, 3.8) is 0 Å². The minimum Gasteiger partial charge on any atom is -0.450 e. The van der Waals surface area contributed by atoms with Gasteiger partial charge in [0.15, 0.2) is 0 Å². The van der Waals surface area contributed by atoms with Gasteiger partial charge in [0, 0.05) is 25.8 Å². The van der Waals surface area contributed by atoms with Crippen molar-refractivity contribution in [3.05, 3.63) is 29.8 Å². The number of fused-ring (bicyclic) bond motifs is 2. The molecule has 0 atom stereocenters. The largest absolute Gasteiger partial charge is 0.450 e. The van der Waals surface area contributed by atoms with Crippen molar-refractivity contribution in [2.24, 2.45) is 0 Å². The van der Waals surface area contributed by atoms with Gasteiger partial charge in [-0.2, -0.15) is 0 Å². The quantitative estimate of drug-likeness (QED) is 0.795. The lowest BCUT2D eigenvalue weighted by atomic mass is 9.74. The Labute approximate surface area is 124 Å². The molecule has 0 aromatic heterocycles. The number of rotatable bonds is 1. The summed E-state index contributed by atoms with van der Waals surface area (Å²) >= 11 is 0. The highest BCUT2D eigenvalue weighted by Gasteiger charge is 2.51. The Morgan fingerprint density at radius 1 is 1.29 bits per heavy atom. The highest BCUT2D eigenvalue weighted by molar-refractivity contribution is 6.07. The first-order chi connectivity index (χ1) is 10.1. The summed E-state index contributed by atoms with van der Waals surface area (Å²) in [5, 5.41) is 0. The van der Waals surface area contributed by atoms with Crippen LogP contribution >= 0.6 is 0 Å². The molecular formula is C16H20N2O3. The minimum atomic E-state index is -0.464. The number of likely N-dealkylation sites (tertiary alicyclic amines) is 1. The predicted octanol–water partition coefficient (Wildman–Crippen LogP) is 2.15. The van der Waals surface area contributed by atoms with Crippen molar-refractivity contribution in [2.45, 2.75) is 25.2 Å². The second kappa shape index (κ2) is 5.06. The summed E-state index contributed by atoms with van der Waals surface area (Å²) in [6.07, 6.45) is 1.04. The lowest BCUT2D eigenvalue weighted by Crippen LogP contribution is -2.49. The maximum atomic E-state index is 12.7. The molecule has 1 spiro atoms. The zero-order valence-electron chi connectivity index (χ0n) is 12.5. The number of ether oxygens (including phenoxy) is 1. The Morgan fingerprint density at radius 2 is 1.95 bits per heavy atom. The van der Waals surface area contributed by atoms with Crippen LogP contribution < -0.4 is 4.90 Å². The van der Waals surface area contributed by atoms with Crippen LogP contribution in [0.15, 0.2) is 24.3 Å². The number of carbonyl (C=O) groups excluding carboxylic acids is 2. The number of piperidine rings is 1. The lowest BCUT2D eigenvalue weighted by Gasteiger charge is -2.37. The molecule has 0 saturated carbocycles. The highest BCUT2D eigenvalue weighted by Crippen LogP contribution is 2.47. The normalized spacial score (nSPS) is 19.8. The van der Waals surface area contributed by atoms with Crippen LogP contribution in [0.5, 0.6) is 0 Å². The number of nitrogens with zero attached hydrogens (tertiary/aromatic N) is 2. The summed E-state index contributed by atoms with van der Waals surface area (Å²) in [6.45, 7) is 3.31. The highest BCUT2D eigenvalue weighted by atomic mass is 16.6. The first-order valence-corrected chi connectivity index (χ1v) is 7.39. The van der Waals surface area contributed by atoms with Gasteiger partial charge in [0.25, 0.3) is 0 Å². The molecule has 2 amide bonds. The van der Waals surface area contributed by atoms with E-state index in [1.807, 2.05) is 31.3 Å². The third-order valence-corrected chi connectivity index (χ3v) is 4.64. The molecule has 2 aliphatic heterocycles. The fraction of sp³-hybridized carbons (Fsp3) is 0.500. The van der Waals surface area contributed by atoms with Crippen LogP contribution in [0.1, 0.15) is 25.3 Å². The number of anilines is 1. The van der Waals surface area contributed by atoms with E-state index in [2.05, 4.69) is 0 Å². The molecule has 1 aromatic carbocycles. The van der Waals surface area contributed by atoms with Crippen molar-refractivity contribution in [1.29, 1.82) is 0 Å². The molecule has 5 heteroatoms. The molecule has 0 radical (unpaired) electrons. The van der Waals surface area contributed by atoms with E-state index in [9.17, 15) is 9.59 Å². The molecule has 21 heavy (non-hydrogen) atoms. The van der Waals surface area contributed by atoms with Crippen LogP contribution in [-0.2, 0) is 14.9 Å². The van der Waals surface area contributed by atoms with Crippen molar-refractivity contribution in [1.82, 2.24) is 4.90 Å². The van der Waals surface area contributed by atoms with Crippen molar-refractivity contribution < 1.29 is 14.3 Å². The monoisotopic (exact) mass is 288 g/mol. The smallest absolute Gasteiger partial charge is 0.409 e. The van der Waals surface area contributed by atoms with Gasteiger partial charge in [-0.3, -0.25) is 4.79 Å². The van der Waals surface area contributed by atoms with Crippen LogP contribution in [0, 0.1) is 0 Å². The predicted molar refractivity (Wildman–Crippen MR) is 79.4 cm³/mol. The Bertz CT molecular complexity index is 577. The average Bonchev–Trinajstić information content (AvgIpc) is 2.72. The van der Waals surface area contributed by atoms with Crippen molar-refractivity contribution in [3.8, 4) is 0 Å². The van der Waals surface area contributed by atoms with E-state index < -0.39 is 5.41 Å². The number of amides is 2. The zero-order valence-corrected chi connectivity index (χ0v) is 12.5. The molecule has 1 saturated heterocycles. The van der Waals surface area contributed by atoms with Gasteiger partial charge in [-0.25, -0.2) is 4.79 Å². The number of likely N-dealkylation sites (N-methyl/N-ethyl adjacent to an activating group) is 1. The molecule has 2 heterocycles. The number of carbonyl (C=O) groups is 2. The minimum absolute atomic E-state index is 0.146. The summed E-state index contributed by atoms with van der Waals surface area (Å²) in [4.78, 5) is 28.0. The van der Waals surface area contributed by atoms with Gasteiger partial charge in [0.1, 0.15) is 0 Å². The van der Waals surface area contributed by atoms with Crippen LogP contribution in [0.3, 0.4) is 0 Å². The Balaban J connectivity index is 1.85. The maximum Gasteiger partial charge on any atom is 0.409 e. The summed E-state index contributed by atoms with van der Waals surface area (Å²) < 4.78 is 5.04. The van der Waals surface area contributed by atoms with Crippen molar-refractivity contribution in [2.75, 3.05) is 31.6 Å². The van der Waals surface area contributed by atoms with Gasteiger partial charge in [-0.15, -0.1) is 0 Å². The molecule has 2 aliphatic rings. The van der Waals surface area contributed by atoms with Crippen LogP contribution in [0.4, 0.5) is 10.5 Å². The third-order valence-electron chi connectivity index (χ3n) is 4.64. The standard InChI is InChI=1S/C16H20N2O3/c1-3-21-15(20)18-10-8-16(9-11-18)12-6-4-5-7-13(12)17(2)14(16)19/h4-7H,3,8-11H2,1-2H3. The molecule has 3 rings (SSSR count). The van der Waals surface area contributed by atoms with E-state index in [0.29, 0.717) is 32.5 Å². The molecule has 0 unspecified atom stereocenters. The third kappa shape index (κ3) is 1.99. The Morgan fingerprint density at radius 3 is 2.62 bits per heavy atom. The second-order valence-electron chi connectivity index (χ2n) is 5.65. The molecule has 112 valence electrons. The van der Waals surface area contributed by atoms with E-state index in [-0.39, 0.29) is 12.0 Å². The molecule has 1 aromatic rings. The molecule has 0 N–H and O–H groups in total. The first kappa shape index (κ1) is 13.9. The zero-order chi connectivity index (χ0) is 15.0. The number of benzene rings is 1. The van der Waals surface area contributed by atoms with Gasteiger partial charge >= 0.3 is 6.09 Å². The van der Waals surface area contributed by atoms with E-state index in [1.165, 1.54) is 0 Å². The van der Waals surface area contributed by atoms with Crippen LogP contribution in [0.2, 0.25) is 0 Å². The van der Waals surface area contributed by atoms with E-state index in [4.69, 9.17) is 4.74 Å². The number of hydrogen-bond acceptors (Lipinski definition) is 3. The summed E-state index contributed by atoms with van der Waals surface area (Å²) in [5.41, 5.74) is 1.63. The second-order valence-corrected chi connectivity index (χ2v) is 5.65. The summed E-state index contributed by atoms with van der Waals surface area (Å²) in [7, 11) is 1.83. The number of hydrogen-bond donors (Lipinski definition) is 0. The van der Waals surface area contributed by atoms with Gasteiger partial charge in [0.05, 0.1) is 12.0 Å². The number of para-hydroxylation sites is 1. The maximum absolute atomic E-state index is 12.7. The van der Waals surface area contributed by atoms with Crippen LogP contribution in [0.25, 0.3) is 0 Å². The van der Waals surface area contributed by atoms with Crippen LogP contribution in [-0.4, -0.2) is 43.6 Å². The lowest BCUT2D eigenvalue weighted by molar-refractivity contribution is -0.124. The molecular weight excluding hydrogens is 268 g/mol. The summed E-state index contributed by atoms with van der Waals surface area (Å²) in [6, 6.07) is 7.95. The SMILES string of the molecule is CCOC(=O)N1CCC2(CC1)C(=O)N(C)c1ccccc12. The molecule has 5 nitrogen and oxygen atoms in total. The first-order valence-electron chi connectivity index (χ1n) is 7.39. The Kier molecular flexibility index (Phi) is 3.35. The fourth-order valence-electron chi connectivity index (χ4n) is 3.49. The molecule has 1 fully saturated rings. The summed E-state index contributed by atoms with van der Waals surface area (Å²) in [5.74, 6) is 0.146. The van der Waals surface area contributed by atoms with Gasteiger partial charge < -0.3 is 14.5 Å². The molecule has 0 aliphatic carbocycles. The van der Waals surface area contributed by atoms with E-state index in [1.54, 1.807) is 16.7 Å². The topological polar surface area (TPSA) is 49.9 Å². The van der Waals surface area contributed by atoms with Gasteiger partial charge in [-0.05, 0) is 31.4 Å². The average molecular weight is 288 g/mol. The van der Waals surface area contributed by atoms with Gasteiger partial charge in [0.2, 0.25) is 5.91 Å². The fourth-order valence-corrected chi connectivity index (χ4v) is 3.49.